The highest BCUT2D eigenvalue weighted by Gasteiger charge is 2.19. The molecule has 1 heterocycles. The van der Waals surface area contributed by atoms with E-state index in [-0.39, 0.29) is 5.82 Å². The first kappa shape index (κ1) is 28.4. The molecule has 0 spiro atoms. The summed E-state index contributed by atoms with van der Waals surface area (Å²) in [5.74, 6) is -0.244. The number of piperidine rings is 1. The van der Waals surface area contributed by atoms with Crippen LogP contribution in [-0.4, -0.2) is 42.9 Å². The lowest BCUT2D eigenvalue weighted by Crippen LogP contribution is -2.40. The van der Waals surface area contributed by atoms with E-state index in [0.29, 0.717) is 12.7 Å². The standard InChI is InChI=1S/C30H38FN5S/c1-4-6-7-25(5-2)22-33-28-17-20-36(21-18-28)37-30-14-12-27(13-15-30)34-23-32-19-16-24(3)35-29-10-8-26(31)9-11-29/h4-16,19,28,33-35H,2,17-18,20-23H2,1,3H3/b6-4-,24-16+,25-7+,32-19-. The van der Waals surface area contributed by atoms with Crippen molar-refractivity contribution in [1.82, 2.24) is 9.62 Å². The highest BCUT2D eigenvalue weighted by atomic mass is 32.2. The van der Waals surface area contributed by atoms with E-state index in [0.717, 1.165) is 49.5 Å². The molecule has 0 unspecified atom stereocenters. The van der Waals surface area contributed by atoms with Crippen molar-refractivity contribution in [2.75, 3.05) is 36.9 Å². The highest BCUT2D eigenvalue weighted by molar-refractivity contribution is 7.97. The first-order chi connectivity index (χ1) is 18.1. The Kier molecular flexibility index (Phi) is 12.2. The second kappa shape index (κ2) is 15.9. The first-order valence-corrected chi connectivity index (χ1v) is 13.5. The highest BCUT2D eigenvalue weighted by Crippen LogP contribution is 2.27. The normalized spacial score (nSPS) is 16.0. The Morgan fingerprint density at radius 3 is 2.46 bits per heavy atom. The molecule has 0 atom stereocenters. The van der Waals surface area contributed by atoms with E-state index >= 15 is 0 Å². The zero-order valence-electron chi connectivity index (χ0n) is 21.8. The zero-order valence-corrected chi connectivity index (χ0v) is 22.6. The average Bonchev–Trinajstić information content (AvgIpc) is 2.92. The van der Waals surface area contributed by atoms with E-state index in [2.05, 4.69) is 68.2 Å². The van der Waals surface area contributed by atoms with E-state index in [1.807, 2.05) is 44.0 Å². The number of rotatable bonds is 13. The summed E-state index contributed by atoms with van der Waals surface area (Å²) in [4.78, 5) is 5.63. The molecule has 2 aromatic rings. The summed E-state index contributed by atoms with van der Waals surface area (Å²) in [5.41, 5.74) is 4.04. The van der Waals surface area contributed by atoms with Gasteiger partial charge < -0.3 is 16.0 Å². The largest absolute Gasteiger partial charge is 0.366 e. The Morgan fingerprint density at radius 2 is 1.78 bits per heavy atom. The molecule has 37 heavy (non-hydrogen) atoms. The van der Waals surface area contributed by atoms with Gasteiger partial charge in [0.25, 0.3) is 0 Å². The maximum absolute atomic E-state index is 13.0. The summed E-state index contributed by atoms with van der Waals surface area (Å²) in [6.45, 7) is 11.4. The lowest BCUT2D eigenvalue weighted by Gasteiger charge is -2.31. The van der Waals surface area contributed by atoms with Crippen LogP contribution in [0.4, 0.5) is 15.8 Å². The van der Waals surface area contributed by atoms with Crippen LogP contribution in [0.25, 0.3) is 0 Å². The number of aliphatic imine (C=N–C) groups is 1. The number of hydrogen-bond acceptors (Lipinski definition) is 6. The molecule has 7 heteroatoms. The molecule has 5 nitrogen and oxygen atoms in total. The smallest absolute Gasteiger partial charge is 0.123 e. The molecular weight excluding hydrogens is 481 g/mol. The Hall–Kier alpha value is -3.13. The number of halogens is 1. The molecule has 0 saturated carbocycles. The fourth-order valence-corrected chi connectivity index (χ4v) is 4.72. The molecule has 1 saturated heterocycles. The lowest BCUT2D eigenvalue weighted by atomic mass is 10.1. The molecule has 3 rings (SSSR count). The Morgan fingerprint density at radius 1 is 1.08 bits per heavy atom. The van der Waals surface area contributed by atoms with Crippen molar-refractivity contribution < 1.29 is 4.39 Å². The number of hydrogen-bond donors (Lipinski definition) is 3. The van der Waals surface area contributed by atoms with Crippen molar-refractivity contribution in [3.8, 4) is 0 Å². The SMILES string of the molecule is C=C/C(=C\C=C/C)CNC1CCN(Sc2ccc(NC/N=C\C=C(/C)Nc3ccc(F)cc3)cc2)CC1. The minimum atomic E-state index is -0.244. The fraction of sp³-hybridized carbons (Fsp3) is 0.300. The van der Waals surface area contributed by atoms with Gasteiger partial charge in [0.1, 0.15) is 12.5 Å². The van der Waals surface area contributed by atoms with Gasteiger partial charge in [0, 0.05) is 53.9 Å². The Bertz CT molecular complexity index is 1080. The summed E-state index contributed by atoms with van der Waals surface area (Å²) < 4.78 is 15.4. The molecular formula is C30H38FN5S. The minimum Gasteiger partial charge on any atom is -0.366 e. The van der Waals surface area contributed by atoms with Gasteiger partial charge in [-0.2, -0.15) is 0 Å². The van der Waals surface area contributed by atoms with E-state index in [9.17, 15) is 4.39 Å². The van der Waals surface area contributed by atoms with Gasteiger partial charge in [-0.15, -0.1) is 0 Å². The first-order valence-electron chi connectivity index (χ1n) is 12.7. The summed E-state index contributed by atoms with van der Waals surface area (Å²) >= 11 is 1.83. The van der Waals surface area contributed by atoms with Crippen LogP contribution in [0.3, 0.4) is 0 Å². The predicted octanol–water partition coefficient (Wildman–Crippen LogP) is 7.03. The van der Waals surface area contributed by atoms with Crippen molar-refractivity contribution in [2.45, 2.75) is 37.6 Å². The monoisotopic (exact) mass is 519 g/mol. The lowest BCUT2D eigenvalue weighted by molar-refractivity contribution is 0.313. The number of nitrogens with zero attached hydrogens (tertiary/aromatic N) is 2. The van der Waals surface area contributed by atoms with Crippen LogP contribution in [0.5, 0.6) is 0 Å². The topological polar surface area (TPSA) is 51.7 Å². The van der Waals surface area contributed by atoms with Crippen LogP contribution in [0.15, 0.2) is 107 Å². The van der Waals surface area contributed by atoms with Gasteiger partial charge in [-0.25, -0.2) is 8.70 Å². The molecule has 0 aliphatic carbocycles. The quantitative estimate of drug-likeness (QED) is 0.151. The summed E-state index contributed by atoms with van der Waals surface area (Å²) in [7, 11) is 0. The zero-order chi connectivity index (χ0) is 26.3. The number of benzene rings is 2. The molecule has 1 aliphatic heterocycles. The van der Waals surface area contributed by atoms with E-state index in [1.54, 1.807) is 18.3 Å². The third kappa shape index (κ3) is 10.8. The fourth-order valence-electron chi connectivity index (χ4n) is 3.77. The van der Waals surface area contributed by atoms with Crippen LogP contribution in [-0.2, 0) is 0 Å². The van der Waals surface area contributed by atoms with E-state index in [1.165, 1.54) is 22.6 Å². The molecule has 0 aromatic heterocycles. The number of allylic oxidation sites excluding steroid dienone is 5. The van der Waals surface area contributed by atoms with E-state index in [4.69, 9.17) is 0 Å². The van der Waals surface area contributed by atoms with Crippen molar-refractivity contribution in [3.63, 3.8) is 0 Å². The molecule has 196 valence electrons. The van der Waals surface area contributed by atoms with E-state index < -0.39 is 0 Å². The maximum Gasteiger partial charge on any atom is 0.123 e. The second-order valence-corrected chi connectivity index (χ2v) is 9.99. The predicted molar refractivity (Wildman–Crippen MR) is 159 cm³/mol. The van der Waals surface area contributed by atoms with Crippen molar-refractivity contribution in [3.05, 3.63) is 103 Å². The average molecular weight is 520 g/mol. The van der Waals surface area contributed by atoms with Crippen molar-refractivity contribution in [1.29, 1.82) is 0 Å². The van der Waals surface area contributed by atoms with Gasteiger partial charge in [-0.3, -0.25) is 4.99 Å². The van der Waals surface area contributed by atoms with Gasteiger partial charge in [0.15, 0.2) is 0 Å². The third-order valence-electron chi connectivity index (χ3n) is 5.89. The van der Waals surface area contributed by atoms with Gasteiger partial charge in [0.2, 0.25) is 0 Å². The van der Waals surface area contributed by atoms with Crippen molar-refractivity contribution in [2.24, 2.45) is 4.99 Å². The van der Waals surface area contributed by atoms with Gasteiger partial charge in [-0.05, 0) is 98.8 Å². The molecule has 1 fully saturated rings. The van der Waals surface area contributed by atoms with Crippen LogP contribution in [0.2, 0.25) is 0 Å². The number of anilines is 2. The van der Waals surface area contributed by atoms with Gasteiger partial charge >= 0.3 is 0 Å². The van der Waals surface area contributed by atoms with Gasteiger partial charge in [-0.1, -0.05) is 30.9 Å². The number of nitrogens with one attached hydrogen (secondary N) is 3. The Balaban J connectivity index is 1.34. The molecule has 0 bridgehead atoms. The van der Waals surface area contributed by atoms with Crippen LogP contribution in [0, 0.1) is 5.82 Å². The van der Waals surface area contributed by atoms with Crippen LogP contribution in [0.1, 0.15) is 26.7 Å². The van der Waals surface area contributed by atoms with Crippen molar-refractivity contribution >= 4 is 29.5 Å². The summed E-state index contributed by atoms with van der Waals surface area (Å²) in [5, 5.41) is 10.2. The molecule has 2 aromatic carbocycles. The molecule has 3 N–H and O–H groups in total. The van der Waals surface area contributed by atoms with Crippen LogP contribution >= 0.6 is 11.9 Å². The molecule has 0 radical (unpaired) electrons. The maximum atomic E-state index is 13.0. The summed E-state index contributed by atoms with van der Waals surface area (Å²) in [6.07, 6.45) is 14.1. The second-order valence-electron chi connectivity index (χ2n) is 8.82. The molecule has 0 amide bonds. The summed E-state index contributed by atoms with van der Waals surface area (Å²) in [6, 6.07) is 15.3. The molecule has 1 aliphatic rings. The van der Waals surface area contributed by atoms with Gasteiger partial charge in [0.05, 0.1) is 0 Å². The third-order valence-corrected chi connectivity index (χ3v) is 7.00. The van der Waals surface area contributed by atoms with Crippen LogP contribution < -0.4 is 16.0 Å². The minimum absolute atomic E-state index is 0.244. The Labute approximate surface area is 225 Å².